The van der Waals surface area contributed by atoms with Crippen LogP contribution in [-0.2, 0) is 22.6 Å². The van der Waals surface area contributed by atoms with Gasteiger partial charge in [-0.05, 0) is 11.1 Å². The number of carbonyl (C=O) groups excluding carboxylic acids is 2. The number of esters is 1. The largest absolute Gasteiger partial charge is 0.467 e. The van der Waals surface area contributed by atoms with E-state index in [9.17, 15) is 19.8 Å². The maximum Gasteiger partial charge on any atom is 0.331 e. The second kappa shape index (κ2) is 8.20. The van der Waals surface area contributed by atoms with E-state index in [1.807, 2.05) is 60.7 Å². The van der Waals surface area contributed by atoms with Crippen molar-refractivity contribution >= 4 is 12.0 Å². The molecular weight excluding hydrogens is 348 g/mol. The Morgan fingerprint density at radius 1 is 0.963 bits per heavy atom. The number of methoxy groups -OCH3 is 1. The molecule has 27 heavy (non-hydrogen) atoms. The molecule has 7 nitrogen and oxygen atoms in total. The first kappa shape index (κ1) is 18.9. The summed E-state index contributed by atoms with van der Waals surface area (Å²) in [6, 6.07) is 15.7. The molecule has 2 amide bonds. The molecule has 0 aliphatic carbocycles. The van der Waals surface area contributed by atoms with E-state index < -0.39 is 30.4 Å². The predicted molar refractivity (Wildman–Crippen MR) is 97.2 cm³/mol. The van der Waals surface area contributed by atoms with Crippen LogP contribution in [0.3, 0.4) is 0 Å². The number of benzene rings is 2. The van der Waals surface area contributed by atoms with Crippen molar-refractivity contribution in [3.63, 3.8) is 0 Å². The second-order valence-electron chi connectivity index (χ2n) is 6.38. The molecule has 0 aromatic heterocycles. The van der Waals surface area contributed by atoms with E-state index in [0.29, 0.717) is 0 Å². The first-order chi connectivity index (χ1) is 13.0. The van der Waals surface area contributed by atoms with Crippen LogP contribution in [-0.4, -0.2) is 57.5 Å². The Bertz CT molecular complexity index is 781. The Hall–Kier alpha value is -2.90. The fraction of sp³-hybridized carbons (Fsp3) is 0.300. The molecule has 1 fully saturated rings. The predicted octanol–water partition coefficient (Wildman–Crippen LogP) is 1.35. The van der Waals surface area contributed by atoms with E-state index in [2.05, 4.69) is 0 Å². The van der Waals surface area contributed by atoms with Crippen LogP contribution in [0.4, 0.5) is 4.79 Å². The minimum atomic E-state index is -1.89. The summed E-state index contributed by atoms with van der Waals surface area (Å²) in [6.45, 7) is 0.314. The zero-order valence-corrected chi connectivity index (χ0v) is 14.9. The van der Waals surface area contributed by atoms with Crippen molar-refractivity contribution in [2.24, 2.45) is 0 Å². The topological polar surface area (TPSA) is 90.3 Å². The molecule has 0 radical (unpaired) electrons. The number of carbonyl (C=O) groups is 2. The summed E-state index contributed by atoms with van der Waals surface area (Å²) in [5.41, 5.74) is 1.65. The zero-order chi connectivity index (χ0) is 19.4. The molecule has 2 atom stereocenters. The molecule has 2 N–H and O–H groups in total. The van der Waals surface area contributed by atoms with E-state index in [-0.39, 0.29) is 13.1 Å². The van der Waals surface area contributed by atoms with Gasteiger partial charge in [0.05, 0.1) is 7.11 Å². The summed E-state index contributed by atoms with van der Waals surface area (Å²) in [4.78, 5) is 28.1. The summed E-state index contributed by atoms with van der Waals surface area (Å²) in [5.74, 6) is -0.687. The molecule has 1 aliphatic rings. The lowest BCUT2D eigenvalue weighted by Gasteiger charge is -2.27. The molecule has 1 heterocycles. The van der Waals surface area contributed by atoms with Crippen molar-refractivity contribution < 1.29 is 24.5 Å². The fourth-order valence-electron chi connectivity index (χ4n) is 3.38. The summed E-state index contributed by atoms with van der Waals surface area (Å²) in [6.07, 6.45) is -1.89. The van der Waals surface area contributed by atoms with E-state index in [4.69, 9.17) is 4.74 Å². The third kappa shape index (κ3) is 3.94. The molecule has 0 spiro atoms. The van der Waals surface area contributed by atoms with Gasteiger partial charge in [-0.1, -0.05) is 60.7 Å². The van der Waals surface area contributed by atoms with Crippen LogP contribution in [0, 0.1) is 0 Å². The van der Waals surface area contributed by atoms with Crippen LogP contribution >= 0.6 is 0 Å². The zero-order valence-electron chi connectivity index (χ0n) is 14.9. The van der Waals surface area contributed by atoms with Gasteiger partial charge in [-0.3, -0.25) is 0 Å². The number of urea groups is 1. The molecule has 1 aliphatic heterocycles. The van der Waals surface area contributed by atoms with Gasteiger partial charge in [0.15, 0.2) is 12.3 Å². The lowest BCUT2D eigenvalue weighted by molar-refractivity contribution is -0.153. The maximum atomic E-state index is 13.1. The Balaban J connectivity index is 1.95. The monoisotopic (exact) mass is 370 g/mol. The lowest BCUT2D eigenvalue weighted by atomic mass is 10.1. The smallest absolute Gasteiger partial charge is 0.331 e. The first-order valence-electron chi connectivity index (χ1n) is 8.62. The van der Waals surface area contributed by atoms with Gasteiger partial charge in [0, 0.05) is 13.1 Å². The van der Waals surface area contributed by atoms with Crippen molar-refractivity contribution in [3.8, 4) is 0 Å². The number of rotatable bonds is 6. The molecule has 3 rings (SSSR count). The van der Waals surface area contributed by atoms with Crippen LogP contribution in [0.2, 0.25) is 0 Å². The third-order valence-electron chi connectivity index (χ3n) is 4.65. The second-order valence-corrected chi connectivity index (χ2v) is 6.38. The van der Waals surface area contributed by atoms with Crippen LogP contribution in [0.1, 0.15) is 11.1 Å². The lowest BCUT2D eigenvalue weighted by Crippen LogP contribution is -2.50. The number of amides is 2. The Morgan fingerprint density at radius 2 is 1.44 bits per heavy atom. The highest BCUT2D eigenvalue weighted by Crippen LogP contribution is 2.29. The molecule has 1 saturated heterocycles. The average Bonchev–Trinajstić information content (AvgIpc) is 2.95. The van der Waals surface area contributed by atoms with Crippen molar-refractivity contribution in [3.05, 3.63) is 71.8 Å². The fourth-order valence-corrected chi connectivity index (χ4v) is 3.38. The van der Waals surface area contributed by atoms with Crippen molar-refractivity contribution in [2.75, 3.05) is 7.11 Å². The first-order valence-corrected chi connectivity index (χ1v) is 8.62. The molecule has 7 heteroatoms. The van der Waals surface area contributed by atoms with Gasteiger partial charge in [-0.25, -0.2) is 9.59 Å². The Kier molecular flexibility index (Phi) is 5.73. The molecule has 0 saturated carbocycles. The summed E-state index contributed by atoms with van der Waals surface area (Å²) < 4.78 is 4.85. The molecule has 0 unspecified atom stereocenters. The van der Waals surface area contributed by atoms with Crippen LogP contribution in [0.15, 0.2) is 60.7 Å². The summed E-state index contributed by atoms with van der Waals surface area (Å²) in [7, 11) is 1.22. The third-order valence-corrected chi connectivity index (χ3v) is 4.65. The van der Waals surface area contributed by atoms with Gasteiger partial charge in [-0.2, -0.15) is 0 Å². The Labute approximate surface area is 157 Å². The van der Waals surface area contributed by atoms with Crippen molar-refractivity contribution in [2.45, 2.75) is 31.5 Å². The van der Waals surface area contributed by atoms with Crippen molar-refractivity contribution in [1.82, 2.24) is 9.80 Å². The number of ether oxygens (including phenoxy) is 1. The number of hydrogen-bond acceptors (Lipinski definition) is 5. The highest BCUT2D eigenvalue weighted by Gasteiger charge is 2.52. The van der Waals surface area contributed by atoms with Gasteiger partial charge in [0.1, 0.15) is 6.04 Å². The van der Waals surface area contributed by atoms with E-state index in [0.717, 1.165) is 11.1 Å². The van der Waals surface area contributed by atoms with Gasteiger partial charge >= 0.3 is 12.0 Å². The molecule has 142 valence electrons. The average molecular weight is 370 g/mol. The highest BCUT2D eigenvalue weighted by molar-refractivity contribution is 5.88. The Morgan fingerprint density at radius 3 is 1.89 bits per heavy atom. The van der Waals surface area contributed by atoms with Gasteiger partial charge < -0.3 is 24.7 Å². The number of nitrogens with zero attached hydrogens (tertiary/aromatic N) is 2. The molecular formula is C20H22N2O5. The van der Waals surface area contributed by atoms with Crippen LogP contribution in [0.5, 0.6) is 0 Å². The number of aliphatic hydroxyl groups is 2. The number of aliphatic hydroxyl groups excluding tert-OH is 1. The summed E-state index contributed by atoms with van der Waals surface area (Å²) >= 11 is 0. The van der Waals surface area contributed by atoms with Gasteiger partial charge in [0.2, 0.25) is 0 Å². The van der Waals surface area contributed by atoms with Gasteiger partial charge in [0.25, 0.3) is 0 Å². The van der Waals surface area contributed by atoms with Crippen LogP contribution < -0.4 is 0 Å². The quantitative estimate of drug-likeness (QED) is 0.592. The van der Waals surface area contributed by atoms with E-state index in [1.54, 1.807) is 0 Å². The SMILES string of the molecule is COC(=O)[C@@H]1[C@H](C(O)O)N(Cc2ccccc2)C(=O)N1Cc1ccccc1. The number of hydrogen-bond donors (Lipinski definition) is 2. The molecule has 2 aromatic carbocycles. The van der Waals surface area contributed by atoms with E-state index in [1.165, 1.54) is 16.9 Å². The molecule has 0 bridgehead atoms. The van der Waals surface area contributed by atoms with Crippen LogP contribution in [0.25, 0.3) is 0 Å². The minimum absolute atomic E-state index is 0.154. The van der Waals surface area contributed by atoms with E-state index >= 15 is 0 Å². The molecule has 2 aromatic rings. The highest BCUT2D eigenvalue weighted by atomic mass is 16.5. The normalized spacial score (nSPS) is 19.6. The van der Waals surface area contributed by atoms with Gasteiger partial charge in [-0.15, -0.1) is 0 Å². The van der Waals surface area contributed by atoms with Crippen molar-refractivity contribution in [1.29, 1.82) is 0 Å². The standard InChI is InChI=1S/C20H22N2O5/c1-27-19(25)17-16(18(23)24)21(12-14-8-4-2-5-9-14)20(26)22(17)13-15-10-6-3-7-11-15/h2-11,16-18,23-24H,12-13H2,1H3/t16-,17+/m1/s1. The summed E-state index contributed by atoms with van der Waals surface area (Å²) in [5, 5.41) is 19.9. The maximum absolute atomic E-state index is 13.1. The minimum Gasteiger partial charge on any atom is -0.467 e.